The van der Waals surface area contributed by atoms with Crippen LogP contribution in [-0.2, 0) is 14.3 Å². The van der Waals surface area contributed by atoms with Gasteiger partial charge in [-0.3, -0.25) is 14.5 Å². The summed E-state index contributed by atoms with van der Waals surface area (Å²) in [6, 6.07) is 23.0. The van der Waals surface area contributed by atoms with Crippen LogP contribution >= 0.6 is 0 Å². The lowest BCUT2D eigenvalue weighted by Crippen LogP contribution is -2.71. The van der Waals surface area contributed by atoms with E-state index in [0.29, 0.717) is 36.0 Å². The number of nitrogens with zero attached hydrogens (tertiary/aromatic N) is 1. The van der Waals surface area contributed by atoms with Crippen LogP contribution in [0.3, 0.4) is 0 Å². The van der Waals surface area contributed by atoms with Crippen LogP contribution in [0.4, 0.5) is 17.1 Å². The van der Waals surface area contributed by atoms with Crippen LogP contribution in [0.15, 0.2) is 78.9 Å². The lowest BCUT2D eigenvalue weighted by atomic mass is 9.95. The number of hydrogen-bond donors (Lipinski definition) is 4. The van der Waals surface area contributed by atoms with Gasteiger partial charge < -0.3 is 26.4 Å². The van der Waals surface area contributed by atoms with Crippen molar-refractivity contribution in [2.24, 2.45) is 0 Å². The molecular weight excluding hydrogens is 502 g/mol. The fourth-order valence-corrected chi connectivity index (χ4v) is 5.26. The molecule has 5 N–H and O–H groups in total. The molecule has 8 nitrogen and oxygen atoms in total. The molecule has 3 atom stereocenters. The van der Waals surface area contributed by atoms with Crippen molar-refractivity contribution in [3.63, 3.8) is 0 Å². The first-order valence-corrected chi connectivity index (χ1v) is 14.0. The van der Waals surface area contributed by atoms with E-state index in [0.717, 1.165) is 36.5 Å². The van der Waals surface area contributed by atoms with Gasteiger partial charge in [-0.25, -0.2) is 0 Å². The number of morpholine rings is 1. The van der Waals surface area contributed by atoms with Crippen LogP contribution in [0.1, 0.15) is 41.5 Å². The Morgan fingerprint density at radius 3 is 2.42 bits per heavy atom. The summed E-state index contributed by atoms with van der Waals surface area (Å²) >= 11 is 0. The largest absolute Gasteiger partial charge is 0.397 e. The van der Waals surface area contributed by atoms with Gasteiger partial charge in [0, 0.05) is 31.4 Å². The molecule has 2 heterocycles. The van der Waals surface area contributed by atoms with E-state index in [4.69, 9.17) is 10.5 Å². The predicted octanol–water partition coefficient (Wildman–Crippen LogP) is 4.15. The van der Waals surface area contributed by atoms with E-state index in [9.17, 15) is 9.59 Å². The second kappa shape index (κ2) is 11.6. The van der Waals surface area contributed by atoms with Crippen LogP contribution in [0.2, 0.25) is 0 Å². The molecule has 1 saturated carbocycles. The number of para-hydroxylation sites is 2. The second-order valence-electron chi connectivity index (χ2n) is 10.8. The molecule has 2 aliphatic heterocycles. The lowest BCUT2D eigenvalue weighted by molar-refractivity contribution is -0.213. The zero-order valence-electron chi connectivity index (χ0n) is 22.4. The van der Waals surface area contributed by atoms with E-state index in [1.807, 2.05) is 48.5 Å². The highest BCUT2D eigenvalue weighted by Gasteiger charge is 2.46. The summed E-state index contributed by atoms with van der Waals surface area (Å²) in [4.78, 5) is 28.2. The lowest BCUT2D eigenvalue weighted by Gasteiger charge is -2.55. The molecule has 3 aromatic rings. The Morgan fingerprint density at radius 2 is 1.77 bits per heavy atom. The normalized spacial score (nSPS) is 20.7. The summed E-state index contributed by atoms with van der Waals surface area (Å²) in [5.74, 6) is 0.311. The van der Waals surface area contributed by atoms with Crippen molar-refractivity contribution in [1.82, 2.24) is 10.2 Å². The van der Waals surface area contributed by atoms with Gasteiger partial charge in [0.25, 0.3) is 0 Å². The Labute approximate surface area is 234 Å². The van der Waals surface area contributed by atoms with Crippen molar-refractivity contribution in [1.29, 1.82) is 0 Å². The molecular formula is C32H35N5O3. The fraction of sp³-hybridized carbons (Fsp3) is 0.312. The summed E-state index contributed by atoms with van der Waals surface area (Å²) in [5.41, 5.74) is 10.8. The highest BCUT2D eigenvalue weighted by Crippen LogP contribution is 2.40. The molecule has 3 aliphatic rings. The molecule has 3 fully saturated rings. The molecule has 3 aromatic carbocycles. The number of nitrogen functional groups attached to an aromatic ring is 1. The molecule has 0 aromatic heterocycles. The van der Waals surface area contributed by atoms with Gasteiger partial charge in [0.2, 0.25) is 11.8 Å². The van der Waals surface area contributed by atoms with Gasteiger partial charge in [-0.05, 0) is 65.8 Å². The maximum Gasteiger partial charge on any atom is 0.248 e. The molecule has 0 radical (unpaired) electrons. The van der Waals surface area contributed by atoms with Crippen molar-refractivity contribution < 1.29 is 14.3 Å². The fourth-order valence-electron chi connectivity index (χ4n) is 5.26. The number of hydrogen-bond acceptors (Lipinski definition) is 6. The van der Waals surface area contributed by atoms with E-state index in [-0.39, 0.29) is 11.8 Å². The van der Waals surface area contributed by atoms with E-state index >= 15 is 0 Å². The molecule has 0 bridgehead atoms. The first-order chi connectivity index (χ1) is 19.5. The number of nitrogens with two attached hydrogens (primary N) is 1. The summed E-state index contributed by atoms with van der Waals surface area (Å²) < 4.78 is 5.51. The third-order valence-electron chi connectivity index (χ3n) is 7.95. The van der Waals surface area contributed by atoms with Gasteiger partial charge in [-0.15, -0.1) is 0 Å². The minimum Gasteiger partial charge on any atom is -0.397 e. The number of anilines is 3. The molecule has 1 aliphatic carbocycles. The Hall–Kier alpha value is -3.98. The standard InChI is InChI=1S/C32H35N5O3/c33-26-3-1-2-4-27(26)36-30(38)16-7-21-5-8-24(9-6-21)31(34-17-18-37-19-29-28(37)20-40-29)32(39)35-25-14-12-23(13-15-25)22-10-11-22/h1-9,12-16,22,28-29,31,34H,10-11,17-20,33H2,(H,35,39)(H,36,38)/b16-7+. The SMILES string of the molecule is Nc1ccccc1NC(=O)/C=C/c1ccc(C(NCCN2CC3OCC32)C(=O)Nc2ccc(C3CC3)cc2)cc1. The number of rotatable bonds is 11. The Morgan fingerprint density at radius 1 is 1.00 bits per heavy atom. The Balaban J connectivity index is 1.10. The molecule has 6 rings (SSSR count). The van der Waals surface area contributed by atoms with Gasteiger partial charge in [0.05, 0.1) is 30.1 Å². The van der Waals surface area contributed by atoms with Crippen molar-refractivity contribution in [2.75, 3.05) is 42.6 Å². The van der Waals surface area contributed by atoms with Gasteiger partial charge in [0.1, 0.15) is 6.04 Å². The van der Waals surface area contributed by atoms with E-state index in [2.05, 4.69) is 33.0 Å². The number of carbonyl (C=O) groups excluding carboxylic acids is 2. The minimum atomic E-state index is -0.514. The smallest absolute Gasteiger partial charge is 0.248 e. The minimum absolute atomic E-state index is 0.101. The van der Waals surface area contributed by atoms with Gasteiger partial charge in [-0.1, -0.05) is 48.5 Å². The molecule has 2 saturated heterocycles. The zero-order chi connectivity index (χ0) is 27.5. The van der Waals surface area contributed by atoms with Crippen LogP contribution < -0.4 is 21.7 Å². The average molecular weight is 538 g/mol. The summed E-state index contributed by atoms with van der Waals surface area (Å²) in [7, 11) is 0. The quantitative estimate of drug-likeness (QED) is 0.216. The average Bonchev–Trinajstić information content (AvgIpc) is 3.80. The van der Waals surface area contributed by atoms with Crippen LogP contribution in [0.5, 0.6) is 0 Å². The Kier molecular flexibility index (Phi) is 7.64. The second-order valence-corrected chi connectivity index (χ2v) is 10.8. The predicted molar refractivity (Wildman–Crippen MR) is 158 cm³/mol. The maximum absolute atomic E-state index is 13.4. The zero-order valence-corrected chi connectivity index (χ0v) is 22.4. The third kappa shape index (κ3) is 6.09. The highest BCUT2D eigenvalue weighted by atomic mass is 16.5. The monoisotopic (exact) mass is 537 g/mol. The summed E-state index contributed by atoms with van der Waals surface area (Å²) in [6.07, 6.45) is 6.10. The first-order valence-electron chi connectivity index (χ1n) is 14.0. The van der Waals surface area contributed by atoms with Crippen molar-refractivity contribution in [3.8, 4) is 0 Å². The number of ether oxygens (including phenoxy) is 1. The number of fused-ring (bicyclic) bond motifs is 1. The van der Waals surface area contributed by atoms with Gasteiger partial charge >= 0.3 is 0 Å². The van der Waals surface area contributed by atoms with E-state index < -0.39 is 6.04 Å². The van der Waals surface area contributed by atoms with Crippen molar-refractivity contribution >= 4 is 35.0 Å². The number of likely N-dealkylation sites (tertiary alicyclic amines) is 1. The van der Waals surface area contributed by atoms with E-state index in [1.54, 1.807) is 18.2 Å². The van der Waals surface area contributed by atoms with Crippen LogP contribution in [0, 0.1) is 0 Å². The molecule has 8 heteroatoms. The molecule has 0 spiro atoms. The first kappa shape index (κ1) is 26.3. The van der Waals surface area contributed by atoms with Crippen molar-refractivity contribution in [2.45, 2.75) is 36.9 Å². The molecule has 3 unspecified atom stereocenters. The maximum atomic E-state index is 13.4. The van der Waals surface area contributed by atoms with Gasteiger partial charge in [0.15, 0.2) is 0 Å². The topological polar surface area (TPSA) is 109 Å². The summed E-state index contributed by atoms with van der Waals surface area (Å²) in [6.45, 7) is 3.32. The van der Waals surface area contributed by atoms with Crippen molar-refractivity contribution in [3.05, 3.63) is 95.6 Å². The summed E-state index contributed by atoms with van der Waals surface area (Å²) in [5, 5.41) is 9.35. The number of benzene rings is 3. The number of amides is 2. The third-order valence-corrected chi connectivity index (χ3v) is 7.95. The number of carbonyl (C=O) groups is 2. The molecule has 2 amide bonds. The molecule has 206 valence electrons. The van der Waals surface area contributed by atoms with Crippen LogP contribution in [0.25, 0.3) is 6.08 Å². The molecule has 40 heavy (non-hydrogen) atoms. The van der Waals surface area contributed by atoms with Gasteiger partial charge in [-0.2, -0.15) is 0 Å². The highest BCUT2D eigenvalue weighted by molar-refractivity contribution is 6.03. The Bertz CT molecular complexity index is 1380. The number of nitrogens with one attached hydrogen (secondary N) is 3. The van der Waals surface area contributed by atoms with E-state index in [1.165, 1.54) is 24.5 Å². The van der Waals surface area contributed by atoms with Crippen LogP contribution in [-0.4, -0.2) is 55.1 Å².